The Morgan fingerprint density at radius 3 is 2.27 bits per heavy atom. The van der Waals surface area contributed by atoms with Gasteiger partial charge in [0.05, 0.1) is 0 Å². The number of rotatable bonds is 10. The molecule has 142 valence electrons. The summed E-state index contributed by atoms with van der Waals surface area (Å²) in [6.45, 7) is 2.11. The molecule has 5 heteroatoms. The van der Waals surface area contributed by atoms with Crippen molar-refractivity contribution >= 4 is 11.6 Å². The molecule has 0 aliphatic rings. The van der Waals surface area contributed by atoms with Crippen LogP contribution in [-0.2, 0) is 6.42 Å². The first-order valence-electron chi connectivity index (χ1n) is 9.10. The molecular formula is C21H26ClF2NO. The fourth-order valence-electron chi connectivity index (χ4n) is 3.12. The number of benzene rings is 2. The minimum atomic E-state index is -0.515. The topological polar surface area (TPSA) is 32.3 Å². The van der Waals surface area contributed by atoms with Gasteiger partial charge in [-0.05, 0) is 49.1 Å². The summed E-state index contributed by atoms with van der Waals surface area (Å²) in [5, 5.41) is 13.6. The van der Waals surface area contributed by atoms with Crippen molar-refractivity contribution in [3.8, 4) is 0 Å². The summed E-state index contributed by atoms with van der Waals surface area (Å²) in [6.07, 6.45) is 3.56. The third kappa shape index (κ3) is 6.04. The van der Waals surface area contributed by atoms with Gasteiger partial charge in [-0.1, -0.05) is 49.6 Å². The van der Waals surface area contributed by atoms with Gasteiger partial charge in [0.1, 0.15) is 11.6 Å². The zero-order valence-corrected chi connectivity index (χ0v) is 15.8. The van der Waals surface area contributed by atoms with Crippen LogP contribution in [0.2, 0.25) is 5.02 Å². The van der Waals surface area contributed by atoms with Gasteiger partial charge in [0, 0.05) is 29.3 Å². The van der Waals surface area contributed by atoms with Crippen LogP contribution in [0.1, 0.15) is 49.8 Å². The normalized spacial score (nSPS) is 13.6. The second kappa shape index (κ2) is 10.6. The number of hydrogen-bond donors (Lipinski definition) is 2. The van der Waals surface area contributed by atoms with E-state index in [1.165, 1.54) is 18.2 Å². The van der Waals surface area contributed by atoms with E-state index in [2.05, 4.69) is 12.2 Å². The molecule has 0 amide bonds. The van der Waals surface area contributed by atoms with Gasteiger partial charge in [-0.2, -0.15) is 0 Å². The number of nitrogens with one attached hydrogen (secondary N) is 1. The van der Waals surface area contributed by atoms with Gasteiger partial charge in [-0.3, -0.25) is 0 Å². The fraction of sp³-hybridized carbons (Fsp3) is 0.429. The molecule has 0 saturated carbocycles. The van der Waals surface area contributed by atoms with Crippen LogP contribution in [0.3, 0.4) is 0 Å². The van der Waals surface area contributed by atoms with Gasteiger partial charge < -0.3 is 10.4 Å². The first-order chi connectivity index (χ1) is 12.5. The van der Waals surface area contributed by atoms with Crippen LogP contribution in [0.4, 0.5) is 8.78 Å². The van der Waals surface area contributed by atoms with Crippen molar-refractivity contribution in [2.75, 3.05) is 6.61 Å². The monoisotopic (exact) mass is 381 g/mol. The third-order valence-electron chi connectivity index (χ3n) is 4.55. The van der Waals surface area contributed by atoms with Crippen LogP contribution < -0.4 is 5.32 Å². The first-order valence-corrected chi connectivity index (χ1v) is 9.48. The molecule has 2 atom stereocenters. The van der Waals surface area contributed by atoms with Crippen molar-refractivity contribution in [3.63, 3.8) is 0 Å². The summed E-state index contributed by atoms with van der Waals surface area (Å²) >= 11 is 5.96. The Morgan fingerprint density at radius 1 is 1.04 bits per heavy atom. The molecule has 2 aromatic rings. The Hall–Kier alpha value is -1.49. The molecule has 0 saturated heterocycles. The summed E-state index contributed by atoms with van der Waals surface area (Å²) < 4.78 is 28.1. The maximum atomic E-state index is 14.1. The lowest BCUT2D eigenvalue weighted by molar-refractivity contribution is 0.255. The van der Waals surface area contributed by atoms with Crippen LogP contribution in [-0.4, -0.2) is 17.8 Å². The van der Waals surface area contributed by atoms with Crippen molar-refractivity contribution in [1.82, 2.24) is 5.32 Å². The molecule has 0 aliphatic heterocycles. The van der Waals surface area contributed by atoms with Gasteiger partial charge in [-0.15, -0.1) is 0 Å². The van der Waals surface area contributed by atoms with Crippen LogP contribution in [0.25, 0.3) is 0 Å². The van der Waals surface area contributed by atoms with E-state index in [9.17, 15) is 13.9 Å². The van der Waals surface area contributed by atoms with E-state index in [-0.39, 0.29) is 30.7 Å². The Bertz CT molecular complexity index is 658. The summed E-state index contributed by atoms with van der Waals surface area (Å²) in [7, 11) is 0. The Kier molecular flexibility index (Phi) is 8.49. The third-order valence-corrected chi connectivity index (χ3v) is 4.80. The molecule has 0 bridgehead atoms. The van der Waals surface area contributed by atoms with Crippen LogP contribution in [0.5, 0.6) is 0 Å². The molecule has 0 fully saturated rings. The molecule has 26 heavy (non-hydrogen) atoms. The Balaban J connectivity index is 2.19. The number of hydrogen-bond acceptors (Lipinski definition) is 2. The van der Waals surface area contributed by atoms with Crippen molar-refractivity contribution in [2.45, 2.75) is 51.1 Å². The molecule has 0 radical (unpaired) electrons. The van der Waals surface area contributed by atoms with E-state index in [4.69, 9.17) is 11.6 Å². The standard InChI is InChI=1S/C21H26ClF2NO/c1-2-3-5-17(14-18-19(23)6-4-7-20(18)24)25-21(12-13-26)15-8-10-16(22)11-9-15/h4,6-11,17,21,25-26H,2-3,5,12-14H2,1H3. The van der Waals surface area contributed by atoms with Gasteiger partial charge in [-0.25, -0.2) is 8.78 Å². The second-order valence-corrected chi connectivity index (χ2v) is 6.96. The smallest absolute Gasteiger partial charge is 0.129 e. The highest BCUT2D eigenvalue weighted by molar-refractivity contribution is 6.30. The summed E-state index contributed by atoms with van der Waals surface area (Å²) in [5.74, 6) is -1.03. The maximum Gasteiger partial charge on any atom is 0.129 e. The first kappa shape index (κ1) is 20.8. The summed E-state index contributed by atoms with van der Waals surface area (Å²) in [6, 6.07) is 11.2. The molecular weight excluding hydrogens is 356 g/mol. The molecule has 0 aromatic heterocycles. The summed E-state index contributed by atoms with van der Waals surface area (Å²) in [5.41, 5.74) is 1.11. The molecule has 2 unspecified atom stereocenters. The minimum absolute atomic E-state index is 0.0227. The van der Waals surface area contributed by atoms with Crippen LogP contribution >= 0.6 is 11.6 Å². The molecule has 2 N–H and O–H groups in total. The minimum Gasteiger partial charge on any atom is -0.396 e. The number of aliphatic hydroxyl groups is 1. The lowest BCUT2D eigenvalue weighted by Gasteiger charge is -2.26. The van der Waals surface area contributed by atoms with Crippen LogP contribution in [0, 0.1) is 11.6 Å². The lowest BCUT2D eigenvalue weighted by Crippen LogP contribution is -2.35. The molecule has 0 heterocycles. The van der Waals surface area contributed by atoms with Crippen molar-refractivity contribution in [1.29, 1.82) is 0 Å². The molecule has 2 nitrogen and oxygen atoms in total. The molecule has 0 aliphatic carbocycles. The second-order valence-electron chi connectivity index (χ2n) is 6.53. The van der Waals surface area contributed by atoms with Gasteiger partial charge in [0.15, 0.2) is 0 Å². The van der Waals surface area contributed by atoms with Crippen molar-refractivity contribution in [3.05, 3.63) is 70.2 Å². The van der Waals surface area contributed by atoms with Crippen molar-refractivity contribution in [2.24, 2.45) is 0 Å². The summed E-state index contributed by atoms with van der Waals surface area (Å²) in [4.78, 5) is 0. The molecule has 2 aromatic carbocycles. The van der Waals surface area contributed by atoms with Gasteiger partial charge in [0.2, 0.25) is 0 Å². The Morgan fingerprint density at radius 2 is 1.69 bits per heavy atom. The van der Waals surface area contributed by atoms with E-state index in [1.807, 2.05) is 12.1 Å². The molecule has 2 rings (SSSR count). The average molecular weight is 382 g/mol. The van der Waals surface area contributed by atoms with E-state index in [1.54, 1.807) is 12.1 Å². The van der Waals surface area contributed by atoms with E-state index >= 15 is 0 Å². The molecule has 0 spiro atoms. The van der Waals surface area contributed by atoms with E-state index in [0.717, 1.165) is 24.8 Å². The predicted molar refractivity (Wildman–Crippen MR) is 102 cm³/mol. The predicted octanol–water partition coefficient (Wildman–Crippen LogP) is 5.43. The zero-order chi connectivity index (χ0) is 18.9. The van der Waals surface area contributed by atoms with Crippen LogP contribution in [0.15, 0.2) is 42.5 Å². The van der Waals surface area contributed by atoms with E-state index < -0.39 is 11.6 Å². The Labute approximate surface area is 159 Å². The number of halogens is 3. The number of unbranched alkanes of at least 4 members (excludes halogenated alkanes) is 1. The highest BCUT2D eigenvalue weighted by atomic mass is 35.5. The maximum absolute atomic E-state index is 14.1. The fourth-order valence-corrected chi connectivity index (χ4v) is 3.25. The van der Waals surface area contributed by atoms with Gasteiger partial charge in [0.25, 0.3) is 0 Å². The largest absolute Gasteiger partial charge is 0.396 e. The average Bonchev–Trinajstić information content (AvgIpc) is 2.62. The lowest BCUT2D eigenvalue weighted by atomic mass is 9.96. The van der Waals surface area contributed by atoms with Gasteiger partial charge >= 0.3 is 0 Å². The number of aliphatic hydroxyl groups excluding tert-OH is 1. The zero-order valence-electron chi connectivity index (χ0n) is 15.0. The highest BCUT2D eigenvalue weighted by Gasteiger charge is 2.20. The van der Waals surface area contributed by atoms with Crippen molar-refractivity contribution < 1.29 is 13.9 Å². The SMILES string of the molecule is CCCCC(Cc1c(F)cccc1F)NC(CCO)c1ccc(Cl)cc1. The van der Waals surface area contributed by atoms with E-state index in [0.29, 0.717) is 11.4 Å². The highest BCUT2D eigenvalue weighted by Crippen LogP contribution is 2.23. The quantitative estimate of drug-likeness (QED) is 0.575.